The third kappa shape index (κ3) is 4.02. The zero-order valence-electron chi connectivity index (χ0n) is 10.9. The number of rotatable bonds is 7. The van der Waals surface area contributed by atoms with Gasteiger partial charge in [0.15, 0.2) is 0 Å². The van der Waals surface area contributed by atoms with Gasteiger partial charge in [-0.2, -0.15) is 0 Å². The highest BCUT2D eigenvalue weighted by atomic mass is 16.3. The van der Waals surface area contributed by atoms with Crippen molar-refractivity contribution in [1.29, 1.82) is 0 Å². The minimum absolute atomic E-state index is 0.0222. The molecule has 3 nitrogen and oxygen atoms in total. The lowest BCUT2D eigenvalue weighted by molar-refractivity contribution is 0.301. The molecule has 17 heavy (non-hydrogen) atoms. The van der Waals surface area contributed by atoms with E-state index in [0.29, 0.717) is 6.54 Å². The molecule has 0 fully saturated rings. The number of aliphatic hydroxyl groups excluding tert-OH is 1. The Balaban J connectivity index is 2.91. The zero-order valence-corrected chi connectivity index (χ0v) is 10.9. The van der Waals surface area contributed by atoms with Gasteiger partial charge in [0, 0.05) is 24.8 Å². The predicted molar refractivity (Wildman–Crippen MR) is 73.3 cm³/mol. The molecule has 0 unspecified atom stereocenters. The Bertz CT molecular complexity index is 326. The molecule has 96 valence electrons. The number of nitrogens with zero attached hydrogens (tertiary/aromatic N) is 1. The lowest BCUT2D eigenvalue weighted by atomic mass is 10.1. The van der Waals surface area contributed by atoms with E-state index in [-0.39, 0.29) is 12.6 Å². The molecule has 0 aliphatic heterocycles. The number of nitrogens with two attached hydrogens (primary N) is 1. The van der Waals surface area contributed by atoms with Crippen LogP contribution in [-0.2, 0) is 0 Å². The fraction of sp³-hybridized carbons (Fsp3) is 0.571. The molecule has 0 heterocycles. The van der Waals surface area contributed by atoms with Crippen molar-refractivity contribution in [3.8, 4) is 0 Å². The van der Waals surface area contributed by atoms with Crippen molar-refractivity contribution >= 4 is 5.69 Å². The molecule has 0 aliphatic carbocycles. The molecule has 0 saturated carbocycles. The van der Waals surface area contributed by atoms with Crippen molar-refractivity contribution in [2.45, 2.75) is 32.7 Å². The molecule has 3 heteroatoms. The quantitative estimate of drug-likeness (QED) is 0.763. The fourth-order valence-electron chi connectivity index (χ4n) is 1.98. The number of hydrogen-bond acceptors (Lipinski definition) is 3. The number of para-hydroxylation sites is 1. The second kappa shape index (κ2) is 7.30. The van der Waals surface area contributed by atoms with Crippen LogP contribution in [0.1, 0.15) is 38.3 Å². The van der Waals surface area contributed by atoms with E-state index in [2.05, 4.69) is 24.0 Å². The Morgan fingerprint density at radius 2 is 2.00 bits per heavy atom. The average molecular weight is 236 g/mol. The molecule has 1 atom stereocenters. The van der Waals surface area contributed by atoms with E-state index in [0.717, 1.165) is 30.6 Å². The van der Waals surface area contributed by atoms with Gasteiger partial charge < -0.3 is 15.7 Å². The van der Waals surface area contributed by atoms with Gasteiger partial charge in [0.05, 0.1) is 6.61 Å². The van der Waals surface area contributed by atoms with Gasteiger partial charge in [0.25, 0.3) is 0 Å². The van der Waals surface area contributed by atoms with Crippen molar-refractivity contribution in [2.24, 2.45) is 5.73 Å². The SMILES string of the molecule is CCCCN(CCO)c1ccccc1[C@H](C)N. The number of hydrogen-bond donors (Lipinski definition) is 2. The summed E-state index contributed by atoms with van der Waals surface area (Å²) in [6.07, 6.45) is 2.29. The van der Waals surface area contributed by atoms with Gasteiger partial charge in [-0.15, -0.1) is 0 Å². The number of aliphatic hydroxyl groups is 1. The molecule has 1 aromatic carbocycles. The standard InChI is InChI=1S/C14H24N2O/c1-3-4-9-16(10-11-17)14-8-6-5-7-13(14)12(2)15/h5-8,12,17H,3-4,9-11,15H2,1-2H3/t12-/m0/s1. The molecule has 1 rings (SSSR count). The third-order valence-electron chi connectivity index (χ3n) is 2.92. The lowest BCUT2D eigenvalue weighted by Crippen LogP contribution is -2.29. The first-order valence-corrected chi connectivity index (χ1v) is 6.41. The van der Waals surface area contributed by atoms with Gasteiger partial charge in [-0.25, -0.2) is 0 Å². The van der Waals surface area contributed by atoms with Crippen LogP contribution in [0.5, 0.6) is 0 Å². The van der Waals surface area contributed by atoms with Gasteiger partial charge in [0.1, 0.15) is 0 Å². The van der Waals surface area contributed by atoms with Crippen LogP contribution in [0.15, 0.2) is 24.3 Å². The van der Waals surface area contributed by atoms with Crippen LogP contribution in [-0.4, -0.2) is 24.8 Å². The molecular weight excluding hydrogens is 212 g/mol. The Morgan fingerprint density at radius 3 is 2.59 bits per heavy atom. The number of anilines is 1. The highest BCUT2D eigenvalue weighted by Crippen LogP contribution is 2.25. The van der Waals surface area contributed by atoms with Crippen LogP contribution >= 0.6 is 0 Å². The highest BCUT2D eigenvalue weighted by molar-refractivity contribution is 5.54. The largest absolute Gasteiger partial charge is 0.395 e. The van der Waals surface area contributed by atoms with E-state index in [4.69, 9.17) is 10.8 Å². The molecule has 0 aliphatic rings. The second-order valence-corrected chi connectivity index (χ2v) is 4.41. The summed E-state index contributed by atoms with van der Waals surface area (Å²) in [5.74, 6) is 0. The van der Waals surface area contributed by atoms with Gasteiger partial charge in [-0.3, -0.25) is 0 Å². The Labute approximate surface area is 104 Å². The fourth-order valence-corrected chi connectivity index (χ4v) is 1.98. The molecule has 1 aromatic rings. The molecule has 0 amide bonds. The van der Waals surface area contributed by atoms with E-state index < -0.39 is 0 Å². The van der Waals surface area contributed by atoms with Crippen molar-refractivity contribution < 1.29 is 5.11 Å². The predicted octanol–water partition coefficient (Wildman–Crippen LogP) is 2.31. The minimum atomic E-state index is 0.0222. The van der Waals surface area contributed by atoms with Crippen LogP contribution in [0.25, 0.3) is 0 Å². The van der Waals surface area contributed by atoms with Crippen LogP contribution in [0.3, 0.4) is 0 Å². The van der Waals surface area contributed by atoms with E-state index in [1.54, 1.807) is 0 Å². The van der Waals surface area contributed by atoms with Crippen LogP contribution in [0.4, 0.5) is 5.69 Å². The summed E-state index contributed by atoms with van der Waals surface area (Å²) < 4.78 is 0. The van der Waals surface area contributed by atoms with Crippen LogP contribution in [0.2, 0.25) is 0 Å². The normalized spacial score (nSPS) is 12.5. The lowest BCUT2D eigenvalue weighted by Gasteiger charge is -2.27. The van der Waals surface area contributed by atoms with Crippen LogP contribution < -0.4 is 10.6 Å². The van der Waals surface area contributed by atoms with Crippen molar-refractivity contribution in [2.75, 3.05) is 24.6 Å². The monoisotopic (exact) mass is 236 g/mol. The second-order valence-electron chi connectivity index (χ2n) is 4.41. The van der Waals surface area contributed by atoms with E-state index in [1.807, 2.05) is 19.1 Å². The summed E-state index contributed by atoms with van der Waals surface area (Å²) in [6, 6.07) is 8.21. The molecular formula is C14H24N2O. The van der Waals surface area contributed by atoms with Gasteiger partial charge in [0.2, 0.25) is 0 Å². The molecule has 0 radical (unpaired) electrons. The number of benzene rings is 1. The van der Waals surface area contributed by atoms with Gasteiger partial charge in [-0.1, -0.05) is 31.5 Å². The molecule has 0 bridgehead atoms. The summed E-state index contributed by atoms with van der Waals surface area (Å²) in [5.41, 5.74) is 8.30. The van der Waals surface area contributed by atoms with Gasteiger partial charge in [-0.05, 0) is 25.0 Å². The molecule has 0 aromatic heterocycles. The minimum Gasteiger partial charge on any atom is -0.395 e. The first-order valence-electron chi connectivity index (χ1n) is 6.41. The average Bonchev–Trinajstić information content (AvgIpc) is 2.34. The first-order chi connectivity index (χ1) is 8.20. The van der Waals surface area contributed by atoms with E-state index in [9.17, 15) is 0 Å². The summed E-state index contributed by atoms with van der Waals surface area (Å²) in [5, 5.41) is 9.15. The maximum atomic E-state index is 9.15. The smallest absolute Gasteiger partial charge is 0.0606 e. The Kier molecular flexibility index (Phi) is 6.01. The van der Waals surface area contributed by atoms with Crippen molar-refractivity contribution in [3.63, 3.8) is 0 Å². The van der Waals surface area contributed by atoms with Crippen molar-refractivity contribution in [3.05, 3.63) is 29.8 Å². The maximum absolute atomic E-state index is 9.15. The summed E-state index contributed by atoms with van der Waals surface area (Å²) in [6.45, 7) is 5.99. The number of unbranched alkanes of at least 4 members (excludes halogenated alkanes) is 1. The first kappa shape index (κ1) is 14.0. The van der Waals surface area contributed by atoms with E-state index in [1.165, 1.54) is 0 Å². The van der Waals surface area contributed by atoms with Crippen LogP contribution in [0, 0.1) is 0 Å². The topological polar surface area (TPSA) is 49.5 Å². The molecule has 3 N–H and O–H groups in total. The zero-order chi connectivity index (χ0) is 12.7. The molecule has 0 saturated heterocycles. The summed E-state index contributed by atoms with van der Waals surface area (Å²) >= 11 is 0. The maximum Gasteiger partial charge on any atom is 0.0606 e. The molecule has 0 spiro atoms. The Hall–Kier alpha value is -1.06. The Morgan fingerprint density at radius 1 is 1.29 bits per heavy atom. The van der Waals surface area contributed by atoms with E-state index >= 15 is 0 Å². The van der Waals surface area contributed by atoms with Crippen molar-refractivity contribution in [1.82, 2.24) is 0 Å². The highest BCUT2D eigenvalue weighted by Gasteiger charge is 2.12. The third-order valence-corrected chi connectivity index (χ3v) is 2.92. The summed E-state index contributed by atoms with van der Waals surface area (Å²) in [4.78, 5) is 2.22. The summed E-state index contributed by atoms with van der Waals surface area (Å²) in [7, 11) is 0. The van der Waals surface area contributed by atoms with Gasteiger partial charge >= 0.3 is 0 Å².